The van der Waals surface area contributed by atoms with E-state index in [-0.39, 0.29) is 15.6 Å². The maximum Gasteiger partial charge on any atom is 0.257 e. The fraction of sp³-hybridized carbons (Fsp3) is 0.267. The van der Waals surface area contributed by atoms with E-state index in [0.29, 0.717) is 26.3 Å². The van der Waals surface area contributed by atoms with Crippen LogP contribution in [0.4, 0.5) is 5.82 Å². The van der Waals surface area contributed by atoms with Crippen molar-refractivity contribution in [1.82, 2.24) is 14.1 Å². The molecule has 1 aliphatic heterocycles. The van der Waals surface area contributed by atoms with E-state index in [0.717, 1.165) is 0 Å². The van der Waals surface area contributed by atoms with Gasteiger partial charge >= 0.3 is 0 Å². The van der Waals surface area contributed by atoms with Gasteiger partial charge < -0.3 is 4.74 Å². The molecule has 0 aliphatic carbocycles. The summed E-state index contributed by atoms with van der Waals surface area (Å²) < 4.78 is 55.7. The summed E-state index contributed by atoms with van der Waals surface area (Å²) in [7, 11) is -7.40. The first-order valence-electron chi connectivity index (χ1n) is 7.76. The number of ether oxygens (including phenoxy) is 1. The summed E-state index contributed by atoms with van der Waals surface area (Å²) in [5.41, 5.74) is 2.46. The second kappa shape index (κ2) is 7.68. The van der Waals surface area contributed by atoms with Gasteiger partial charge in [0.2, 0.25) is 10.0 Å². The van der Waals surface area contributed by atoms with Crippen molar-refractivity contribution in [2.45, 2.75) is 9.79 Å². The predicted octanol–water partition coefficient (Wildman–Crippen LogP) is 0.408. The Balaban J connectivity index is 1.68. The molecule has 9 nitrogen and oxygen atoms in total. The van der Waals surface area contributed by atoms with Gasteiger partial charge in [-0.3, -0.25) is 5.43 Å². The van der Waals surface area contributed by atoms with E-state index >= 15 is 0 Å². The fourth-order valence-corrected chi connectivity index (χ4v) is 4.55. The maximum absolute atomic E-state index is 12.5. The summed E-state index contributed by atoms with van der Waals surface area (Å²) in [5, 5.41) is 0. The minimum atomic E-state index is -3.76. The Bertz CT molecular complexity index is 941. The molecule has 1 aliphatic rings. The van der Waals surface area contributed by atoms with E-state index in [1.54, 1.807) is 18.2 Å². The minimum absolute atomic E-state index is 0.0378. The van der Waals surface area contributed by atoms with Crippen LogP contribution >= 0.6 is 0 Å². The van der Waals surface area contributed by atoms with E-state index in [2.05, 4.69) is 15.2 Å². The third-order valence-corrected chi connectivity index (χ3v) is 6.86. The molecule has 26 heavy (non-hydrogen) atoms. The van der Waals surface area contributed by atoms with Crippen LogP contribution in [0.25, 0.3) is 0 Å². The van der Waals surface area contributed by atoms with Crippen LogP contribution in [-0.4, -0.2) is 52.4 Å². The number of nitrogens with one attached hydrogen (secondary N) is 2. The van der Waals surface area contributed by atoms with E-state index in [4.69, 9.17) is 4.74 Å². The molecule has 1 saturated heterocycles. The predicted molar refractivity (Wildman–Crippen MR) is 94.2 cm³/mol. The highest BCUT2D eigenvalue weighted by atomic mass is 32.2. The molecule has 2 N–H and O–H groups in total. The van der Waals surface area contributed by atoms with Crippen LogP contribution < -0.4 is 10.3 Å². The Labute approximate surface area is 152 Å². The fourth-order valence-electron chi connectivity index (χ4n) is 2.32. The Kier molecular flexibility index (Phi) is 5.53. The highest BCUT2D eigenvalue weighted by Gasteiger charge is 2.26. The van der Waals surface area contributed by atoms with Crippen LogP contribution in [0.5, 0.6) is 0 Å². The van der Waals surface area contributed by atoms with Gasteiger partial charge in [0.25, 0.3) is 10.0 Å². The lowest BCUT2D eigenvalue weighted by atomic mass is 10.4. The third kappa shape index (κ3) is 4.19. The van der Waals surface area contributed by atoms with Crippen molar-refractivity contribution in [2.24, 2.45) is 0 Å². The van der Waals surface area contributed by atoms with Crippen molar-refractivity contribution < 1.29 is 21.6 Å². The third-order valence-electron chi connectivity index (χ3n) is 3.71. The number of anilines is 1. The quantitative estimate of drug-likeness (QED) is 0.677. The van der Waals surface area contributed by atoms with Crippen LogP contribution in [0.3, 0.4) is 0 Å². The first-order chi connectivity index (χ1) is 12.4. The molecule has 0 atom stereocenters. The SMILES string of the molecule is O=S(=O)(NNc1ccc(S(=O)(=O)N2CCOCC2)cn1)c1ccccc1. The van der Waals surface area contributed by atoms with E-state index in [1.807, 2.05) is 0 Å². The zero-order valence-electron chi connectivity index (χ0n) is 13.7. The van der Waals surface area contributed by atoms with Gasteiger partial charge in [-0.05, 0) is 24.3 Å². The van der Waals surface area contributed by atoms with E-state index in [9.17, 15) is 16.8 Å². The number of morpholine rings is 1. The summed E-state index contributed by atoms with van der Waals surface area (Å²) >= 11 is 0. The molecular formula is C15H18N4O5S2. The van der Waals surface area contributed by atoms with Gasteiger partial charge in [-0.15, -0.1) is 4.83 Å². The van der Waals surface area contributed by atoms with E-state index < -0.39 is 20.0 Å². The number of rotatable bonds is 6. The molecule has 1 aromatic heterocycles. The number of aromatic nitrogens is 1. The smallest absolute Gasteiger partial charge is 0.257 e. The Morgan fingerprint density at radius 2 is 1.62 bits per heavy atom. The normalized spacial score (nSPS) is 16.3. The molecule has 0 unspecified atom stereocenters. The molecule has 0 saturated carbocycles. The van der Waals surface area contributed by atoms with Crippen molar-refractivity contribution in [3.05, 3.63) is 48.7 Å². The van der Waals surface area contributed by atoms with Gasteiger partial charge in [0.15, 0.2) is 0 Å². The van der Waals surface area contributed by atoms with Crippen molar-refractivity contribution in [1.29, 1.82) is 0 Å². The lowest BCUT2D eigenvalue weighted by molar-refractivity contribution is 0.0730. The van der Waals surface area contributed by atoms with Gasteiger partial charge in [-0.25, -0.2) is 21.8 Å². The Hall–Kier alpha value is -2.05. The molecule has 0 radical (unpaired) electrons. The molecule has 0 amide bonds. The highest BCUT2D eigenvalue weighted by Crippen LogP contribution is 2.17. The molecular weight excluding hydrogens is 380 g/mol. The monoisotopic (exact) mass is 398 g/mol. The number of hydrazine groups is 1. The first-order valence-corrected chi connectivity index (χ1v) is 10.7. The minimum Gasteiger partial charge on any atom is -0.379 e. The van der Waals surface area contributed by atoms with Crippen LogP contribution in [0.2, 0.25) is 0 Å². The first kappa shape index (κ1) is 18.7. The lowest BCUT2D eigenvalue weighted by Crippen LogP contribution is -2.40. The number of benzene rings is 1. The second-order valence-corrected chi connectivity index (χ2v) is 9.06. The molecule has 2 heterocycles. The van der Waals surface area contributed by atoms with Crippen LogP contribution in [-0.2, 0) is 24.8 Å². The van der Waals surface area contributed by atoms with Gasteiger partial charge in [0.05, 0.1) is 18.1 Å². The molecule has 1 fully saturated rings. The molecule has 2 aromatic rings. The number of hydrogen-bond acceptors (Lipinski definition) is 7. The molecule has 0 spiro atoms. The number of sulfonamides is 2. The second-order valence-electron chi connectivity index (χ2n) is 5.44. The Morgan fingerprint density at radius 3 is 2.23 bits per heavy atom. The summed E-state index contributed by atoms with van der Waals surface area (Å²) in [6.45, 7) is 1.29. The van der Waals surface area contributed by atoms with Gasteiger partial charge in [-0.1, -0.05) is 18.2 Å². The molecule has 0 bridgehead atoms. The van der Waals surface area contributed by atoms with Gasteiger partial charge in [-0.2, -0.15) is 4.31 Å². The number of pyridine rings is 1. The lowest BCUT2D eigenvalue weighted by Gasteiger charge is -2.25. The number of hydrogen-bond donors (Lipinski definition) is 2. The van der Waals surface area contributed by atoms with Gasteiger partial charge in [0.1, 0.15) is 10.7 Å². The van der Waals surface area contributed by atoms with E-state index in [1.165, 1.54) is 34.8 Å². The van der Waals surface area contributed by atoms with Crippen LogP contribution in [0.15, 0.2) is 58.5 Å². The topological polar surface area (TPSA) is 118 Å². The highest BCUT2D eigenvalue weighted by molar-refractivity contribution is 7.89. The van der Waals surface area contributed by atoms with Crippen molar-refractivity contribution >= 4 is 25.9 Å². The summed E-state index contributed by atoms with van der Waals surface area (Å²) in [6.07, 6.45) is 1.18. The average Bonchev–Trinajstić information content (AvgIpc) is 2.68. The summed E-state index contributed by atoms with van der Waals surface area (Å²) in [6, 6.07) is 10.6. The van der Waals surface area contributed by atoms with Crippen molar-refractivity contribution in [2.75, 3.05) is 31.7 Å². The van der Waals surface area contributed by atoms with Crippen molar-refractivity contribution in [3.63, 3.8) is 0 Å². The molecule has 3 rings (SSSR count). The van der Waals surface area contributed by atoms with Crippen LogP contribution in [0.1, 0.15) is 0 Å². The average molecular weight is 398 g/mol. The Morgan fingerprint density at radius 1 is 0.923 bits per heavy atom. The molecule has 140 valence electrons. The van der Waals surface area contributed by atoms with Crippen molar-refractivity contribution in [3.8, 4) is 0 Å². The maximum atomic E-state index is 12.5. The number of nitrogens with zero attached hydrogens (tertiary/aromatic N) is 2. The standard InChI is InChI=1S/C15H18N4O5S2/c20-25(21,13-4-2-1-3-5-13)18-17-15-7-6-14(12-16-15)26(22,23)19-8-10-24-11-9-19/h1-7,12,18H,8-11H2,(H,16,17). The zero-order chi connectivity index (χ0) is 18.6. The molecule has 1 aromatic carbocycles. The summed E-state index contributed by atoms with van der Waals surface area (Å²) in [4.78, 5) is 6.29. The summed E-state index contributed by atoms with van der Waals surface area (Å²) in [5.74, 6) is 0.172. The zero-order valence-corrected chi connectivity index (χ0v) is 15.3. The molecule has 11 heteroatoms. The van der Waals surface area contributed by atoms with Crippen LogP contribution in [0, 0.1) is 0 Å². The van der Waals surface area contributed by atoms with Gasteiger partial charge in [0, 0.05) is 19.3 Å². The largest absolute Gasteiger partial charge is 0.379 e.